The lowest BCUT2D eigenvalue weighted by Crippen LogP contribution is -2.17. The zero-order valence-corrected chi connectivity index (χ0v) is 19.5. The van der Waals surface area contributed by atoms with Gasteiger partial charge in [0.15, 0.2) is 0 Å². The number of rotatable bonds is 7. The van der Waals surface area contributed by atoms with Gasteiger partial charge in [0, 0.05) is 18.0 Å². The lowest BCUT2D eigenvalue weighted by atomic mass is 10.1. The first-order valence-electron chi connectivity index (χ1n) is 10.8. The standard InChI is InChI=1S/C25H23N3O5S/c1-16-21(15-26-33-16)18-8-10-23(28-11-3-4-12-28)22(13-18)27-34(30,31)24-14-19(25(29)32-2)7-9-20(24)17-5-6-17/h3-4,7-15,17,27H,5-6H2,1-2H3. The van der Waals surface area contributed by atoms with Gasteiger partial charge in [-0.25, -0.2) is 13.2 Å². The van der Waals surface area contributed by atoms with Gasteiger partial charge >= 0.3 is 5.97 Å². The number of anilines is 1. The molecular weight excluding hydrogens is 454 g/mol. The third-order valence-corrected chi connectivity index (χ3v) is 7.35. The summed E-state index contributed by atoms with van der Waals surface area (Å²) in [5.74, 6) is 0.203. The molecule has 0 atom stereocenters. The van der Waals surface area contributed by atoms with E-state index in [4.69, 9.17) is 9.26 Å². The van der Waals surface area contributed by atoms with E-state index in [0.29, 0.717) is 22.7 Å². The van der Waals surface area contributed by atoms with Crippen LogP contribution in [0.15, 0.2) is 76.5 Å². The van der Waals surface area contributed by atoms with Crippen LogP contribution in [-0.2, 0) is 14.8 Å². The van der Waals surface area contributed by atoms with Crippen LogP contribution in [-0.4, -0.2) is 31.2 Å². The number of nitrogens with zero attached hydrogens (tertiary/aromatic N) is 2. The van der Waals surface area contributed by atoms with Crippen molar-refractivity contribution >= 4 is 21.7 Å². The fraction of sp³-hybridized carbons (Fsp3) is 0.200. The van der Waals surface area contributed by atoms with Crippen LogP contribution >= 0.6 is 0 Å². The van der Waals surface area contributed by atoms with E-state index in [2.05, 4.69) is 9.88 Å². The minimum absolute atomic E-state index is 0.0860. The Labute approximate surface area is 197 Å². The SMILES string of the molecule is COC(=O)c1ccc(C2CC2)c(S(=O)(=O)Nc2cc(-c3cnoc3C)ccc2-n2cccc2)c1. The molecule has 0 amide bonds. The molecule has 2 aromatic carbocycles. The minimum Gasteiger partial charge on any atom is -0.465 e. The number of carbonyl (C=O) groups is 1. The summed E-state index contributed by atoms with van der Waals surface area (Å²) in [7, 11) is -2.76. The van der Waals surface area contributed by atoms with Gasteiger partial charge in [0.05, 0.1) is 35.1 Å². The Balaban J connectivity index is 1.62. The Hall–Kier alpha value is -3.85. The molecule has 2 heterocycles. The number of benzene rings is 2. The number of carbonyl (C=O) groups excluding carboxylic acids is 1. The van der Waals surface area contributed by atoms with Crippen molar-refractivity contribution in [1.29, 1.82) is 0 Å². The van der Waals surface area contributed by atoms with Crippen LogP contribution in [0, 0.1) is 6.92 Å². The third kappa shape index (κ3) is 4.10. The first-order valence-corrected chi connectivity index (χ1v) is 12.3. The van der Waals surface area contributed by atoms with E-state index in [-0.39, 0.29) is 16.4 Å². The summed E-state index contributed by atoms with van der Waals surface area (Å²) >= 11 is 0. The molecule has 1 fully saturated rings. The number of ether oxygens (including phenoxy) is 1. The van der Waals surface area contributed by atoms with Crippen LogP contribution in [0.1, 0.15) is 40.4 Å². The van der Waals surface area contributed by atoms with Gasteiger partial charge in [0.2, 0.25) is 0 Å². The van der Waals surface area contributed by atoms with Crippen LogP contribution in [0.2, 0.25) is 0 Å². The second-order valence-electron chi connectivity index (χ2n) is 8.24. The molecule has 2 aromatic heterocycles. The van der Waals surface area contributed by atoms with Gasteiger partial charge in [-0.15, -0.1) is 0 Å². The maximum atomic E-state index is 13.7. The van der Waals surface area contributed by atoms with Gasteiger partial charge in [0.25, 0.3) is 10.0 Å². The molecule has 0 saturated heterocycles. The number of aryl methyl sites for hydroxylation is 1. The molecular formula is C25H23N3O5S. The van der Waals surface area contributed by atoms with Crippen LogP contribution in [0.4, 0.5) is 5.69 Å². The lowest BCUT2D eigenvalue weighted by molar-refractivity contribution is 0.0600. The van der Waals surface area contributed by atoms with Gasteiger partial charge in [-0.1, -0.05) is 17.3 Å². The normalized spacial score (nSPS) is 13.6. The van der Waals surface area contributed by atoms with Crippen molar-refractivity contribution in [1.82, 2.24) is 9.72 Å². The summed E-state index contributed by atoms with van der Waals surface area (Å²) in [6.45, 7) is 1.80. The fourth-order valence-corrected chi connectivity index (χ4v) is 5.41. The molecule has 5 rings (SSSR count). The van der Waals surface area contributed by atoms with Crippen LogP contribution in [0.3, 0.4) is 0 Å². The van der Waals surface area contributed by atoms with E-state index >= 15 is 0 Å². The highest BCUT2D eigenvalue weighted by Crippen LogP contribution is 2.43. The molecule has 0 radical (unpaired) electrons. The monoisotopic (exact) mass is 477 g/mol. The van der Waals surface area contributed by atoms with E-state index in [9.17, 15) is 13.2 Å². The first-order chi connectivity index (χ1) is 16.4. The Kier molecular flexibility index (Phi) is 5.49. The molecule has 1 N–H and O–H groups in total. The van der Waals surface area contributed by atoms with Crippen molar-refractivity contribution in [3.8, 4) is 16.8 Å². The summed E-state index contributed by atoms with van der Waals surface area (Å²) in [4.78, 5) is 12.2. The molecule has 174 valence electrons. The Bertz CT molecular complexity index is 1470. The average Bonchev–Trinajstić information content (AvgIpc) is 3.35. The quantitative estimate of drug-likeness (QED) is 0.380. The summed E-state index contributed by atoms with van der Waals surface area (Å²) in [6.07, 6.45) is 7.10. The summed E-state index contributed by atoms with van der Waals surface area (Å²) in [5.41, 5.74) is 3.47. The summed E-state index contributed by atoms with van der Waals surface area (Å²) in [6, 6.07) is 13.9. The molecule has 0 bridgehead atoms. The highest BCUT2D eigenvalue weighted by atomic mass is 32.2. The van der Waals surface area contributed by atoms with Crippen molar-refractivity contribution in [2.24, 2.45) is 0 Å². The van der Waals surface area contributed by atoms with Crippen LogP contribution in [0.5, 0.6) is 0 Å². The second kappa shape index (κ2) is 8.49. The molecule has 0 spiro atoms. The largest absolute Gasteiger partial charge is 0.465 e. The van der Waals surface area contributed by atoms with Crippen molar-refractivity contribution < 1.29 is 22.5 Å². The van der Waals surface area contributed by atoms with E-state index in [0.717, 1.165) is 24.0 Å². The summed E-state index contributed by atoms with van der Waals surface area (Å²) < 4.78 is 42.0. The number of sulfonamides is 1. The van der Waals surface area contributed by atoms with Crippen molar-refractivity contribution in [2.75, 3.05) is 11.8 Å². The van der Waals surface area contributed by atoms with E-state index in [1.54, 1.807) is 31.3 Å². The average molecular weight is 478 g/mol. The van der Waals surface area contributed by atoms with E-state index in [1.807, 2.05) is 41.2 Å². The molecule has 1 aliphatic rings. The molecule has 1 saturated carbocycles. The minimum atomic E-state index is -4.03. The zero-order valence-electron chi connectivity index (χ0n) is 18.7. The Morgan fingerprint density at radius 3 is 2.56 bits per heavy atom. The zero-order chi connectivity index (χ0) is 23.9. The van der Waals surface area contributed by atoms with E-state index < -0.39 is 16.0 Å². The Morgan fingerprint density at radius 2 is 1.91 bits per heavy atom. The number of nitrogens with one attached hydrogen (secondary N) is 1. The van der Waals surface area contributed by atoms with Crippen molar-refractivity contribution in [3.63, 3.8) is 0 Å². The predicted octanol–water partition coefficient (Wildman–Crippen LogP) is 4.91. The van der Waals surface area contributed by atoms with Crippen LogP contribution in [0.25, 0.3) is 16.8 Å². The number of methoxy groups -OCH3 is 1. The van der Waals surface area contributed by atoms with Gasteiger partial charge in [-0.05, 0) is 73.2 Å². The molecule has 4 aromatic rings. The number of hydrogen-bond donors (Lipinski definition) is 1. The van der Waals surface area contributed by atoms with Crippen molar-refractivity contribution in [3.05, 3.63) is 84.0 Å². The number of hydrogen-bond acceptors (Lipinski definition) is 6. The molecule has 1 aliphatic carbocycles. The highest BCUT2D eigenvalue weighted by molar-refractivity contribution is 7.92. The van der Waals surface area contributed by atoms with Crippen molar-refractivity contribution in [2.45, 2.75) is 30.6 Å². The first kappa shape index (κ1) is 22.0. The Morgan fingerprint density at radius 1 is 1.15 bits per heavy atom. The molecule has 0 aliphatic heterocycles. The molecule has 8 nitrogen and oxygen atoms in total. The third-order valence-electron chi connectivity index (χ3n) is 5.93. The van der Waals surface area contributed by atoms with Gasteiger partial charge in [-0.2, -0.15) is 0 Å². The van der Waals surface area contributed by atoms with Gasteiger partial charge < -0.3 is 13.8 Å². The topological polar surface area (TPSA) is 103 Å². The maximum absolute atomic E-state index is 13.7. The van der Waals surface area contributed by atoms with E-state index in [1.165, 1.54) is 13.2 Å². The smallest absolute Gasteiger partial charge is 0.337 e. The highest BCUT2D eigenvalue weighted by Gasteiger charge is 2.32. The number of esters is 1. The fourth-order valence-electron chi connectivity index (χ4n) is 4.02. The molecule has 9 heteroatoms. The molecule has 0 unspecified atom stereocenters. The molecule has 34 heavy (non-hydrogen) atoms. The second-order valence-corrected chi connectivity index (χ2v) is 9.89. The maximum Gasteiger partial charge on any atom is 0.337 e. The van der Waals surface area contributed by atoms with Gasteiger partial charge in [0.1, 0.15) is 5.76 Å². The van der Waals surface area contributed by atoms with Gasteiger partial charge in [-0.3, -0.25) is 4.72 Å². The summed E-state index contributed by atoms with van der Waals surface area (Å²) in [5, 5.41) is 3.83. The van der Waals surface area contributed by atoms with Crippen LogP contribution < -0.4 is 4.72 Å². The lowest BCUT2D eigenvalue weighted by Gasteiger charge is -2.17. The number of aromatic nitrogens is 2. The predicted molar refractivity (Wildman–Crippen MR) is 127 cm³/mol.